The topological polar surface area (TPSA) is 61.8 Å². The first-order valence-corrected chi connectivity index (χ1v) is 8.66. The average molecular weight is 336 g/mol. The summed E-state index contributed by atoms with van der Waals surface area (Å²) in [6.45, 7) is 2.07. The molecule has 2 fully saturated rings. The van der Waals surface area contributed by atoms with Crippen molar-refractivity contribution in [3.8, 4) is 0 Å². The first kappa shape index (κ1) is 17.3. The van der Waals surface area contributed by atoms with Gasteiger partial charge < -0.3 is 15.2 Å². The zero-order chi connectivity index (χ0) is 16.9. The molecule has 1 aromatic carbocycles. The molecule has 1 atom stereocenters. The lowest BCUT2D eigenvalue weighted by molar-refractivity contribution is -0.124. The summed E-state index contributed by atoms with van der Waals surface area (Å²) >= 11 is 0. The highest BCUT2D eigenvalue weighted by molar-refractivity contribution is 5.78. The van der Waals surface area contributed by atoms with Gasteiger partial charge in [0.15, 0.2) is 0 Å². The van der Waals surface area contributed by atoms with Gasteiger partial charge in [0.1, 0.15) is 5.82 Å². The third-order valence-corrected chi connectivity index (χ3v) is 4.66. The Morgan fingerprint density at radius 1 is 1.25 bits per heavy atom. The molecule has 6 heteroatoms. The minimum atomic E-state index is -0.720. The van der Waals surface area contributed by atoms with E-state index >= 15 is 0 Å². The molecule has 1 aliphatic heterocycles. The number of rotatable bonds is 7. The minimum absolute atomic E-state index is 0.0000983. The minimum Gasteiger partial charge on any atom is -0.387 e. The molecule has 2 aliphatic rings. The number of hydrogen-bond donors (Lipinski definition) is 2. The van der Waals surface area contributed by atoms with Gasteiger partial charge in [-0.05, 0) is 43.4 Å². The number of aliphatic hydroxyl groups excluding tert-OH is 1. The van der Waals surface area contributed by atoms with E-state index in [0.29, 0.717) is 37.9 Å². The van der Waals surface area contributed by atoms with Gasteiger partial charge in [0.2, 0.25) is 5.91 Å². The van der Waals surface area contributed by atoms with E-state index in [4.69, 9.17) is 4.74 Å². The van der Waals surface area contributed by atoms with Crippen LogP contribution in [-0.4, -0.2) is 54.3 Å². The summed E-state index contributed by atoms with van der Waals surface area (Å²) in [4.78, 5) is 14.3. The van der Waals surface area contributed by atoms with Gasteiger partial charge >= 0.3 is 0 Å². The van der Waals surface area contributed by atoms with Crippen LogP contribution in [0.2, 0.25) is 0 Å². The normalized spacial score (nSPS) is 20.1. The first-order chi connectivity index (χ1) is 11.6. The quantitative estimate of drug-likeness (QED) is 0.794. The average Bonchev–Trinajstić information content (AvgIpc) is 3.40. The molecule has 0 radical (unpaired) electrons. The summed E-state index contributed by atoms with van der Waals surface area (Å²) in [6.07, 6.45) is 3.10. The number of nitrogens with zero attached hydrogens (tertiary/aromatic N) is 1. The van der Waals surface area contributed by atoms with E-state index in [0.717, 1.165) is 25.7 Å². The largest absolute Gasteiger partial charge is 0.387 e. The Morgan fingerprint density at radius 3 is 2.54 bits per heavy atom. The maximum Gasteiger partial charge on any atom is 0.234 e. The molecule has 0 spiro atoms. The standard InChI is InChI=1S/C18H25FN2O3/c19-14-3-1-13(2-4-14)17(22)11-21(16-5-6-16)12-18(23)20-15-7-9-24-10-8-15/h1-4,15-17,22H,5-12H2,(H,20,23)/t17-/m0/s1. The lowest BCUT2D eigenvalue weighted by Crippen LogP contribution is -2.45. The van der Waals surface area contributed by atoms with Crippen LogP contribution in [0.15, 0.2) is 24.3 Å². The SMILES string of the molecule is O=C(CN(C[C@H](O)c1ccc(F)cc1)C1CC1)NC1CCOCC1. The summed E-state index contributed by atoms with van der Waals surface area (Å²) < 4.78 is 18.3. The highest BCUT2D eigenvalue weighted by Crippen LogP contribution is 2.28. The molecule has 24 heavy (non-hydrogen) atoms. The molecule has 132 valence electrons. The Hall–Kier alpha value is -1.50. The summed E-state index contributed by atoms with van der Waals surface area (Å²) in [5, 5.41) is 13.4. The number of carbonyl (C=O) groups is 1. The first-order valence-electron chi connectivity index (χ1n) is 8.66. The van der Waals surface area contributed by atoms with Crippen LogP contribution in [0, 0.1) is 5.82 Å². The molecular weight excluding hydrogens is 311 g/mol. The predicted molar refractivity (Wildman–Crippen MR) is 87.9 cm³/mol. The number of hydrogen-bond acceptors (Lipinski definition) is 4. The number of carbonyl (C=O) groups excluding carboxylic acids is 1. The Morgan fingerprint density at radius 2 is 1.92 bits per heavy atom. The Bertz CT molecular complexity index is 542. The second-order valence-corrected chi connectivity index (χ2v) is 6.68. The van der Waals surface area contributed by atoms with E-state index in [1.165, 1.54) is 12.1 Å². The fourth-order valence-corrected chi connectivity index (χ4v) is 3.09. The lowest BCUT2D eigenvalue weighted by atomic mass is 10.1. The van der Waals surface area contributed by atoms with E-state index in [-0.39, 0.29) is 17.8 Å². The van der Waals surface area contributed by atoms with E-state index in [1.54, 1.807) is 12.1 Å². The van der Waals surface area contributed by atoms with Crippen LogP contribution >= 0.6 is 0 Å². The van der Waals surface area contributed by atoms with Crippen molar-refractivity contribution in [3.05, 3.63) is 35.6 Å². The maximum atomic E-state index is 13.0. The van der Waals surface area contributed by atoms with Gasteiger partial charge in [0.05, 0.1) is 12.6 Å². The number of benzene rings is 1. The van der Waals surface area contributed by atoms with Crippen LogP contribution in [0.4, 0.5) is 4.39 Å². The van der Waals surface area contributed by atoms with Crippen LogP contribution in [0.3, 0.4) is 0 Å². The molecule has 1 saturated heterocycles. The molecule has 0 bridgehead atoms. The molecule has 1 aliphatic carbocycles. The summed E-state index contributed by atoms with van der Waals surface area (Å²) in [6, 6.07) is 6.42. The molecule has 3 rings (SSSR count). The highest BCUT2D eigenvalue weighted by atomic mass is 19.1. The van der Waals surface area contributed by atoms with Crippen molar-refractivity contribution in [2.75, 3.05) is 26.3 Å². The van der Waals surface area contributed by atoms with Crippen LogP contribution < -0.4 is 5.32 Å². The fourth-order valence-electron chi connectivity index (χ4n) is 3.09. The zero-order valence-corrected chi connectivity index (χ0v) is 13.8. The number of nitrogens with one attached hydrogen (secondary N) is 1. The van der Waals surface area contributed by atoms with Crippen LogP contribution in [0.25, 0.3) is 0 Å². The molecule has 1 amide bonds. The van der Waals surface area contributed by atoms with E-state index in [1.807, 2.05) is 4.90 Å². The monoisotopic (exact) mass is 336 g/mol. The molecule has 1 aromatic rings. The van der Waals surface area contributed by atoms with Gasteiger partial charge in [-0.1, -0.05) is 12.1 Å². The van der Waals surface area contributed by atoms with Crippen molar-refractivity contribution < 1.29 is 19.0 Å². The summed E-state index contributed by atoms with van der Waals surface area (Å²) in [5.41, 5.74) is 0.673. The predicted octanol–water partition coefficient (Wildman–Crippen LogP) is 1.62. The van der Waals surface area contributed by atoms with Gasteiger partial charge in [-0.15, -0.1) is 0 Å². The molecular formula is C18H25FN2O3. The van der Waals surface area contributed by atoms with Gasteiger partial charge in [0.25, 0.3) is 0 Å². The lowest BCUT2D eigenvalue weighted by Gasteiger charge is -2.27. The Balaban J connectivity index is 1.52. The second-order valence-electron chi connectivity index (χ2n) is 6.68. The number of amides is 1. The molecule has 0 unspecified atom stereocenters. The van der Waals surface area contributed by atoms with Crippen LogP contribution in [0.1, 0.15) is 37.4 Å². The molecule has 2 N–H and O–H groups in total. The number of aliphatic hydroxyl groups is 1. The number of halogens is 1. The van der Waals surface area contributed by atoms with Crippen molar-refractivity contribution in [1.82, 2.24) is 10.2 Å². The molecule has 1 saturated carbocycles. The maximum absolute atomic E-state index is 13.0. The Labute approximate surface area is 141 Å². The smallest absolute Gasteiger partial charge is 0.234 e. The number of ether oxygens (including phenoxy) is 1. The van der Waals surface area contributed by atoms with Crippen molar-refractivity contribution in [1.29, 1.82) is 0 Å². The van der Waals surface area contributed by atoms with Crippen molar-refractivity contribution in [2.24, 2.45) is 0 Å². The Kier molecular flexibility index (Phi) is 5.81. The summed E-state index contributed by atoms with van der Waals surface area (Å²) in [7, 11) is 0. The van der Waals surface area contributed by atoms with E-state index in [9.17, 15) is 14.3 Å². The fraction of sp³-hybridized carbons (Fsp3) is 0.611. The third kappa shape index (κ3) is 5.00. The zero-order valence-electron chi connectivity index (χ0n) is 13.8. The van der Waals surface area contributed by atoms with Gasteiger partial charge in [0, 0.05) is 31.8 Å². The molecule has 5 nitrogen and oxygen atoms in total. The molecule has 1 heterocycles. The van der Waals surface area contributed by atoms with Crippen LogP contribution in [0.5, 0.6) is 0 Å². The molecule has 0 aromatic heterocycles. The van der Waals surface area contributed by atoms with Gasteiger partial charge in [-0.25, -0.2) is 4.39 Å². The van der Waals surface area contributed by atoms with Crippen LogP contribution in [-0.2, 0) is 9.53 Å². The van der Waals surface area contributed by atoms with Crippen molar-refractivity contribution in [2.45, 2.75) is 43.9 Å². The van der Waals surface area contributed by atoms with Gasteiger partial charge in [-0.3, -0.25) is 9.69 Å². The second kappa shape index (κ2) is 8.05. The van der Waals surface area contributed by atoms with Crippen molar-refractivity contribution >= 4 is 5.91 Å². The highest BCUT2D eigenvalue weighted by Gasteiger charge is 2.32. The van der Waals surface area contributed by atoms with Crippen molar-refractivity contribution in [3.63, 3.8) is 0 Å². The van der Waals surface area contributed by atoms with E-state index < -0.39 is 6.10 Å². The van der Waals surface area contributed by atoms with Gasteiger partial charge in [-0.2, -0.15) is 0 Å². The summed E-state index contributed by atoms with van der Waals surface area (Å²) in [5.74, 6) is -0.319. The third-order valence-electron chi connectivity index (χ3n) is 4.66. The van der Waals surface area contributed by atoms with E-state index in [2.05, 4.69) is 5.32 Å².